The lowest BCUT2D eigenvalue weighted by Gasteiger charge is -2.14. The maximum Gasteiger partial charge on any atom is 0.269 e. The summed E-state index contributed by atoms with van der Waals surface area (Å²) in [4.78, 5) is 52.0. The van der Waals surface area contributed by atoms with Crippen LogP contribution in [0.2, 0.25) is 0 Å². The van der Waals surface area contributed by atoms with E-state index in [1.54, 1.807) is 30.3 Å². The zero-order chi connectivity index (χ0) is 24.0. The van der Waals surface area contributed by atoms with E-state index in [1.807, 2.05) is 13.8 Å². The van der Waals surface area contributed by atoms with Crippen molar-refractivity contribution in [3.05, 3.63) is 70.0 Å². The molecule has 3 aromatic rings. The van der Waals surface area contributed by atoms with Crippen LogP contribution >= 0.6 is 0 Å². The van der Waals surface area contributed by atoms with E-state index in [0.29, 0.717) is 22.4 Å². The quantitative estimate of drug-likeness (QED) is 0.401. The van der Waals surface area contributed by atoms with Crippen LogP contribution in [0.1, 0.15) is 34.6 Å². The number of hydrogen-bond donors (Lipinski definition) is 4. The minimum absolute atomic E-state index is 0.0710. The van der Waals surface area contributed by atoms with Crippen LogP contribution < -0.4 is 31.1 Å². The molecule has 0 fully saturated rings. The molecule has 4 N–H and O–H groups in total. The minimum atomic E-state index is -0.714. The molecule has 10 nitrogen and oxygen atoms in total. The van der Waals surface area contributed by atoms with Gasteiger partial charge in [-0.3, -0.25) is 30.0 Å². The largest absolute Gasteiger partial charge is 0.493 e. The third kappa shape index (κ3) is 5.67. The summed E-state index contributed by atoms with van der Waals surface area (Å²) in [5.41, 5.74) is 4.72. The van der Waals surface area contributed by atoms with Crippen molar-refractivity contribution in [1.82, 2.24) is 21.2 Å². The maximum atomic E-state index is 12.5. The Hall–Kier alpha value is -4.34. The number of H-pyrrole nitrogens is 1. The fraction of sp³-hybridized carbons (Fsp3) is 0.217. The fourth-order valence-corrected chi connectivity index (χ4v) is 2.99. The summed E-state index contributed by atoms with van der Waals surface area (Å²) >= 11 is 0. The third-order valence-corrected chi connectivity index (χ3v) is 4.55. The molecule has 3 rings (SSSR count). The smallest absolute Gasteiger partial charge is 0.269 e. The molecule has 0 saturated heterocycles. The molecule has 0 spiro atoms. The number of rotatable bonds is 7. The van der Waals surface area contributed by atoms with E-state index < -0.39 is 29.7 Å². The highest BCUT2D eigenvalue weighted by Gasteiger charge is 2.15. The van der Waals surface area contributed by atoms with Crippen molar-refractivity contribution in [3.8, 4) is 11.5 Å². The van der Waals surface area contributed by atoms with Gasteiger partial charge in [-0.1, -0.05) is 12.1 Å². The lowest BCUT2D eigenvalue weighted by molar-refractivity contribution is -0.120. The molecule has 1 aromatic heterocycles. The van der Waals surface area contributed by atoms with Gasteiger partial charge in [0.05, 0.1) is 19.8 Å². The summed E-state index contributed by atoms with van der Waals surface area (Å²) in [6.45, 7) is 3.28. The van der Waals surface area contributed by atoms with Gasteiger partial charge in [0.1, 0.15) is 5.56 Å². The molecule has 33 heavy (non-hydrogen) atoms. The van der Waals surface area contributed by atoms with Crippen molar-refractivity contribution in [2.45, 2.75) is 20.0 Å². The summed E-state index contributed by atoms with van der Waals surface area (Å²) < 4.78 is 10.8. The molecule has 0 radical (unpaired) electrons. The molecule has 172 valence electrons. The number of carbonyl (C=O) groups is 3. The molecule has 0 unspecified atom stereocenters. The van der Waals surface area contributed by atoms with Gasteiger partial charge in [0, 0.05) is 22.7 Å². The SMILES string of the molecule is COc1cc(C(=O)NNC(=O)CNC(=O)c2c[nH]c3ccccc3c2=O)ccc1OC(C)C. The molecular weight excluding hydrogens is 428 g/mol. The Morgan fingerprint density at radius 2 is 1.76 bits per heavy atom. The van der Waals surface area contributed by atoms with Crippen molar-refractivity contribution in [3.63, 3.8) is 0 Å². The molecule has 1 heterocycles. The van der Waals surface area contributed by atoms with Crippen LogP contribution in [0, 0.1) is 0 Å². The van der Waals surface area contributed by atoms with Crippen molar-refractivity contribution in [2.24, 2.45) is 0 Å². The topological polar surface area (TPSA) is 139 Å². The maximum absolute atomic E-state index is 12.5. The Labute approximate surface area is 189 Å². The Morgan fingerprint density at radius 1 is 1.00 bits per heavy atom. The molecule has 0 aliphatic rings. The first kappa shape index (κ1) is 23.3. The highest BCUT2D eigenvalue weighted by molar-refractivity contribution is 5.99. The number of nitrogens with one attached hydrogen (secondary N) is 4. The van der Waals surface area contributed by atoms with Crippen molar-refractivity contribution < 1.29 is 23.9 Å². The minimum Gasteiger partial charge on any atom is -0.493 e. The van der Waals surface area contributed by atoms with Crippen LogP contribution in [0.3, 0.4) is 0 Å². The number of methoxy groups -OCH3 is 1. The second-order valence-corrected chi connectivity index (χ2v) is 7.29. The number of fused-ring (bicyclic) bond motifs is 1. The molecule has 0 bridgehead atoms. The van der Waals surface area contributed by atoms with Crippen molar-refractivity contribution >= 4 is 28.6 Å². The summed E-state index contributed by atoms with van der Waals surface area (Å²) in [6.07, 6.45) is 1.22. The van der Waals surface area contributed by atoms with Crippen LogP contribution in [-0.4, -0.2) is 42.5 Å². The van der Waals surface area contributed by atoms with Gasteiger partial charge in [-0.15, -0.1) is 0 Å². The highest BCUT2D eigenvalue weighted by Crippen LogP contribution is 2.28. The van der Waals surface area contributed by atoms with Crippen molar-refractivity contribution in [1.29, 1.82) is 0 Å². The van der Waals surface area contributed by atoms with E-state index in [4.69, 9.17) is 9.47 Å². The zero-order valence-electron chi connectivity index (χ0n) is 18.4. The van der Waals surface area contributed by atoms with E-state index in [-0.39, 0.29) is 17.2 Å². The first-order valence-electron chi connectivity index (χ1n) is 10.1. The van der Waals surface area contributed by atoms with Crippen LogP contribution in [0.4, 0.5) is 0 Å². The highest BCUT2D eigenvalue weighted by atomic mass is 16.5. The van der Waals surface area contributed by atoms with Gasteiger partial charge in [-0.25, -0.2) is 0 Å². The van der Waals surface area contributed by atoms with Crippen LogP contribution in [0.15, 0.2) is 53.5 Å². The Morgan fingerprint density at radius 3 is 2.48 bits per heavy atom. The second kappa shape index (κ2) is 10.3. The first-order valence-corrected chi connectivity index (χ1v) is 10.1. The van der Waals surface area contributed by atoms with Crippen LogP contribution in [0.5, 0.6) is 11.5 Å². The van der Waals surface area contributed by atoms with Gasteiger partial charge >= 0.3 is 0 Å². The van der Waals surface area contributed by atoms with Gasteiger partial charge in [0.25, 0.3) is 17.7 Å². The summed E-state index contributed by atoms with van der Waals surface area (Å²) in [5, 5.41) is 2.72. The number of pyridine rings is 1. The number of carbonyl (C=O) groups excluding carboxylic acids is 3. The number of amides is 3. The number of ether oxygens (including phenoxy) is 2. The average Bonchev–Trinajstić information content (AvgIpc) is 2.81. The number of para-hydroxylation sites is 1. The lowest BCUT2D eigenvalue weighted by Crippen LogP contribution is -2.46. The number of aromatic amines is 1. The summed E-state index contributed by atoms with van der Waals surface area (Å²) in [7, 11) is 1.45. The van der Waals surface area contributed by atoms with Crippen molar-refractivity contribution in [2.75, 3.05) is 13.7 Å². The molecule has 0 saturated carbocycles. The molecule has 0 aliphatic heterocycles. The first-order chi connectivity index (χ1) is 15.8. The molecule has 0 atom stereocenters. The summed E-state index contributed by atoms with van der Waals surface area (Å²) in [6, 6.07) is 11.4. The number of benzene rings is 2. The van der Waals surface area contributed by atoms with Gasteiger partial charge in [0.2, 0.25) is 5.43 Å². The molecule has 2 aromatic carbocycles. The summed E-state index contributed by atoms with van der Waals surface area (Å²) in [5.74, 6) is -1.13. The molecule has 0 aliphatic carbocycles. The zero-order valence-corrected chi connectivity index (χ0v) is 18.4. The standard InChI is InChI=1S/C23H24N4O6/c1-13(2)33-18-9-8-14(10-19(18)32-3)22(30)27-26-20(28)12-25-23(31)16-11-24-17-7-5-4-6-15(17)21(16)29/h4-11,13H,12H2,1-3H3,(H,24,29)(H,25,31)(H,26,28)(H,27,30). The van der Waals surface area contributed by atoms with Crippen LogP contribution in [0.25, 0.3) is 10.9 Å². The molecule has 3 amide bonds. The van der Waals surface area contributed by atoms with Gasteiger partial charge in [-0.2, -0.15) is 0 Å². The second-order valence-electron chi connectivity index (χ2n) is 7.29. The van der Waals surface area contributed by atoms with Gasteiger partial charge < -0.3 is 19.8 Å². The van der Waals surface area contributed by atoms with E-state index in [2.05, 4.69) is 21.2 Å². The average molecular weight is 452 g/mol. The lowest BCUT2D eigenvalue weighted by atomic mass is 10.1. The normalized spacial score (nSPS) is 10.5. The predicted octanol–water partition coefficient (Wildman–Crippen LogP) is 1.51. The number of aromatic nitrogens is 1. The molecule has 10 heteroatoms. The Kier molecular flexibility index (Phi) is 7.29. The van der Waals surface area contributed by atoms with Gasteiger partial charge in [0.15, 0.2) is 11.5 Å². The number of hydrogen-bond acceptors (Lipinski definition) is 6. The monoisotopic (exact) mass is 452 g/mol. The molecular formula is C23H24N4O6. The number of hydrazine groups is 1. The fourth-order valence-electron chi connectivity index (χ4n) is 2.99. The van der Waals surface area contributed by atoms with E-state index in [0.717, 1.165) is 0 Å². The Bertz CT molecular complexity index is 1250. The Balaban J connectivity index is 1.55. The van der Waals surface area contributed by atoms with E-state index in [1.165, 1.54) is 25.4 Å². The van der Waals surface area contributed by atoms with Crippen LogP contribution in [-0.2, 0) is 4.79 Å². The van der Waals surface area contributed by atoms with E-state index in [9.17, 15) is 19.2 Å². The van der Waals surface area contributed by atoms with Gasteiger partial charge in [-0.05, 0) is 44.2 Å². The predicted molar refractivity (Wildman–Crippen MR) is 121 cm³/mol. The third-order valence-electron chi connectivity index (χ3n) is 4.55. The van der Waals surface area contributed by atoms with E-state index >= 15 is 0 Å².